The molecule has 3 aromatic rings. The van der Waals surface area contributed by atoms with Gasteiger partial charge in [-0.05, 0) is 62.2 Å². The molecule has 1 heterocycles. The summed E-state index contributed by atoms with van der Waals surface area (Å²) >= 11 is 0. The van der Waals surface area contributed by atoms with Crippen LogP contribution in [0.15, 0.2) is 71.3 Å². The van der Waals surface area contributed by atoms with E-state index in [1.54, 1.807) is 36.4 Å². The first-order valence-corrected chi connectivity index (χ1v) is 10.1. The van der Waals surface area contributed by atoms with Gasteiger partial charge in [0.05, 0.1) is 12.4 Å². The number of furan rings is 1. The Morgan fingerprint density at radius 3 is 2.52 bits per heavy atom. The molecule has 0 spiro atoms. The van der Waals surface area contributed by atoms with E-state index in [2.05, 4.69) is 10.6 Å². The quantitative estimate of drug-likeness (QED) is 0.514. The Kier molecular flexibility index (Phi) is 7.70. The summed E-state index contributed by atoms with van der Waals surface area (Å²) in [7, 11) is 0. The summed E-state index contributed by atoms with van der Waals surface area (Å²) in [6, 6.07) is 17.9. The third kappa shape index (κ3) is 7.22. The summed E-state index contributed by atoms with van der Waals surface area (Å²) in [6.07, 6.45) is 2.28. The van der Waals surface area contributed by atoms with E-state index in [1.807, 2.05) is 38.1 Å². The van der Waals surface area contributed by atoms with E-state index < -0.39 is 0 Å². The Hall–Kier alpha value is -3.74. The Balaban J connectivity index is 1.40. The highest BCUT2D eigenvalue weighted by atomic mass is 16.5. The zero-order valence-electron chi connectivity index (χ0n) is 17.6. The Morgan fingerprint density at radius 1 is 1.00 bits per heavy atom. The lowest BCUT2D eigenvalue weighted by molar-refractivity contribution is -0.123. The van der Waals surface area contributed by atoms with Crippen molar-refractivity contribution in [3.05, 3.63) is 78.3 Å². The first-order valence-electron chi connectivity index (χ1n) is 10.1. The second-order valence-electron chi connectivity index (χ2n) is 7.16. The van der Waals surface area contributed by atoms with E-state index in [9.17, 15) is 9.59 Å². The zero-order chi connectivity index (χ0) is 22.1. The fourth-order valence-corrected chi connectivity index (χ4v) is 2.82. The second-order valence-corrected chi connectivity index (χ2v) is 7.16. The molecule has 31 heavy (non-hydrogen) atoms. The lowest BCUT2D eigenvalue weighted by Crippen LogP contribution is -2.30. The highest BCUT2D eigenvalue weighted by Gasteiger charge is 2.09. The number of ether oxygens (including phenoxy) is 2. The van der Waals surface area contributed by atoms with Crippen LogP contribution in [0.2, 0.25) is 0 Å². The third-order valence-corrected chi connectivity index (χ3v) is 4.24. The minimum atomic E-state index is -0.358. The Morgan fingerprint density at radius 2 is 1.81 bits per heavy atom. The van der Waals surface area contributed by atoms with Crippen molar-refractivity contribution in [2.75, 3.05) is 18.5 Å². The van der Waals surface area contributed by atoms with Gasteiger partial charge in [0.2, 0.25) is 0 Å². The molecular formula is C24H26N2O5. The molecule has 0 unspecified atom stereocenters. The molecular weight excluding hydrogens is 396 g/mol. The highest BCUT2D eigenvalue weighted by molar-refractivity contribution is 6.02. The fourth-order valence-electron chi connectivity index (χ4n) is 2.82. The number of carbonyl (C=O) groups is 2. The van der Waals surface area contributed by atoms with Crippen LogP contribution in [0.25, 0.3) is 0 Å². The molecule has 0 saturated heterocycles. The normalized spacial score (nSPS) is 10.5. The average molecular weight is 422 g/mol. The predicted molar refractivity (Wildman–Crippen MR) is 118 cm³/mol. The van der Waals surface area contributed by atoms with Gasteiger partial charge in [0, 0.05) is 18.3 Å². The summed E-state index contributed by atoms with van der Waals surface area (Å²) < 4.78 is 16.2. The van der Waals surface area contributed by atoms with Crippen molar-refractivity contribution in [2.45, 2.75) is 26.4 Å². The minimum Gasteiger partial charge on any atom is -0.491 e. The van der Waals surface area contributed by atoms with Gasteiger partial charge in [-0.1, -0.05) is 18.2 Å². The average Bonchev–Trinajstić information content (AvgIpc) is 3.29. The number of amides is 2. The number of hydrogen-bond donors (Lipinski definition) is 2. The maximum atomic E-state index is 12.1. The van der Waals surface area contributed by atoms with Crippen molar-refractivity contribution >= 4 is 17.5 Å². The summed E-state index contributed by atoms with van der Waals surface area (Å²) in [6.45, 7) is 4.36. The molecule has 2 amide bonds. The number of rotatable bonds is 10. The molecule has 0 aliphatic heterocycles. The number of anilines is 1. The summed E-state index contributed by atoms with van der Waals surface area (Å²) in [5, 5.41) is 5.55. The van der Waals surface area contributed by atoms with Crippen LogP contribution >= 0.6 is 0 Å². The topological polar surface area (TPSA) is 89.8 Å². The number of hydrogen-bond acceptors (Lipinski definition) is 5. The Bertz CT molecular complexity index is 981. The molecule has 0 fully saturated rings. The van der Waals surface area contributed by atoms with Crippen molar-refractivity contribution in [1.29, 1.82) is 0 Å². The van der Waals surface area contributed by atoms with Crippen molar-refractivity contribution in [1.82, 2.24) is 5.32 Å². The van der Waals surface area contributed by atoms with E-state index in [0.29, 0.717) is 24.4 Å². The predicted octanol–water partition coefficient (Wildman–Crippen LogP) is 4.06. The van der Waals surface area contributed by atoms with Gasteiger partial charge in [0.15, 0.2) is 12.4 Å². The van der Waals surface area contributed by atoms with E-state index in [-0.39, 0.29) is 30.3 Å². The smallest absolute Gasteiger partial charge is 0.291 e. The largest absolute Gasteiger partial charge is 0.491 e. The number of carbonyl (C=O) groups excluding carboxylic acids is 2. The molecule has 7 nitrogen and oxygen atoms in total. The molecule has 0 radical (unpaired) electrons. The van der Waals surface area contributed by atoms with Crippen LogP contribution in [0.3, 0.4) is 0 Å². The van der Waals surface area contributed by atoms with Gasteiger partial charge in [-0.25, -0.2) is 0 Å². The monoisotopic (exact) mass is 422 g/mol. The molecule has 7 heteroatoms. The number of nitrogens with one attached hydrogen (secondary N) is 2. The molecule has 2 N–H and O–H groups in total. The highest BCUT2D eigenvalue weighted by Crippen LogP contribution is 2.18. The summed E-state index contributed by atoms with van der Waals surface area (Å²) in [4.78, 5) is 24.1. The molecule has 162 valence electrons. The first-order chi connectivity index (χ1) is 15.0. The van der Waals surface area contributed by atoms with Crippen molar-refractivity contribution in [2.24, 2.45) is 0 Å². The van der Waals surface area contributed by atoms with Crippen LogP contribution in [-0.2, 0) is 11.2 Å². The maximum absolute atomic E-state index is 12.1. The van der Waals surface area contributed by atoms with Crippen LogP contribution in [0.5, 0.6) is 11.5 Å². The lowest BCUT2D eigenvalue weighted by atomic mass is 10.1. The zero-order valence-corrected chi connectivity index (χ0v) is 17.6. The van der Waals surface area contributed by atoms with E-state index in [1.165, 1.54) is 6.26 Å². The van der Waals surface area contributed by atoms with Gasteiger partial charge in [0.25, 0.3) is 11.8 Å². The van der Waals surface area contributed by atoms with E-state index in [4.69, 9.17) is 13.9 Å². The lowest BCUT2D eigenvalue weighted by Gasteiger charge is -2.11. The molecule has 3 rings (SSSR count). The third-order valence-electron chi connectivity index (χ3n) is 4.24. The van der Waals surface area contributed by atoms with Crippen LogP contribution in [0.4, 0.5) is 5.69 Å². The standard InChI is InChI=1S/C24H26N2O5/c1-17(2)31-20-10-8-18(9-11-20)12-13-25-23(27)16-30-21-6-3-5-19(15-21)26-24(28)22-7-4-14-29-22/h3-11,14-15,17H,12-13,16H2,1-2H3,(H,25,27)(H,26,28). The molecule has 0 aliphatic rings. The van der Waals surface area contributed by atoms with E-state index in [0.717, 1.165) is 11.3 Å². The fraction of sp³-hybridized carbons (Fsp3) is 0.250. The maximum Gasteiger partial charge on any atom is 0.291 e. The van der Waals surface area contributed by atoms with Crippen LogP contribution in [0.1, 0.15) is 30.0 Å². The SMILES string of the molecule is CC(C)Oc1ccc(CCNC(=O)COc2cccc(NC(=O)c3ccco3)c2)cc1. The van der Waals surface area contributed by atoms with Gasteiger partial charge in [0.1, 0.15) is 11.5 Å². The molecule has 0 saturated carbocycles. The second kappa shape index (κ2) is 10.9. The van der Waals surface area contributed by atoms with Gasteiger partial charge >= 0.3 is 0 Å². The summed E-state index contributed by atoms with van der Waals surface area (Å²) in [5.41, 5.74) is 1.65. The van der Waals surface area contributed by atoms with Crippen LogP contribution in [0, 0.1) is 0 Å². The number of benzene rings is 2. The van der Waals surface area contributed by atoms with Gasteiger partial charge in [-0.15, -0.1) is 0 Å². The van der Waals surface area contributed by atoms with E-state index >= 15 is 0 Å². The first kappa shape index (κ1) is 22.0. The molecule has 0 bridgehead atoms. The van der Waals surface area contributed by atoms with Gasteiger partial charge in [-0.3, -0.25) is 9.59 Å². The Labute approximate surface area is 181 Å². The summed E-state index contributed by atoms with van der Waals surface area (Å²) in [5.74, 6) is 0.952. The van der Waals surface area contributed by atoms with Crippen LogP contribution in [-0.4, -0.2) is 31.1 Å². The van der Waals surface area contributed by atoms with Crippen molar-refractivity contribution in [3.8, 4) is 11.5 Å². The van der Waals surface area contributed by atoms with Gasteiger partial charge < -0.3 is 24.5 Å². The molecule has 1 aromatic heterocycles. The molecule has 0 aliphatic carbocycles. The van der Waals surface area contributed by atoms with Crippen LogP contribution < -0.4 is 20.1 Å². The van der Waals surface area contributed by atoms with Crippen molar-refractivity contribution < 1.29 is 23.5 Å². The minimum absolute atomic E-state index is 0.114. The molecule has 0 atom stereocenters. The van der Waals surface area contributed by atoms with Crippen molar-refractivity contribution in [3.63, 3.8) is 0 Å². The molecule has 2 aromatic carbocycles. The van der Waals surface area contributed by atoms with Gasteiger partial charge in [-0.2, -0.15) is 0 Å².